The number of rotatable bonds is 9. The van der Waals surface area contributed by atoms with Gasteiger partial charge in [0.25, 0.3) is 0 Å². The van der Waals surface area contributed by atoms with Crippen molar-refractivity contribution in [3.63, 3.8) is 0 Å². The van der Waals surface area contributed by atoms with Crippen molar-refractivity contribution in [1.29, 1.82) is 5.26 Å². The number of thiocarbonyl (C=S) groups is 1. The number of thioether (sulfide) groups is 1. The largest absolute Gasteiger partial charge is 0.375 e. The number of aromatic nitrogens is 2. The van der Waals surface area contributed by atoms with Crippen LogP contribution in [0, 0.1) is 17.1 Å². The normalized spacial score (nSPS) is 11.1. The van der Waals surface area contributed by atoms with Crippen LogP contribution in [-0.4, -0.2) is 26.5 Å². The van der Waals surface area contributed by atoms with Crippen molar-refractivity contribution in [2.75, 3.05) is 11.1 Å². The van der Waals surface area contributed by atoms with Crippen molar-refractivity contribution in [2.24, 2.45) is 10.8 Å². The monoisotopic (exact) mass is 493 g/mol. The minimum Gasteiger partial charge on any atom is -0.375 e. The molecule has 3 rings (SSSR count). The molecule has 7 nitrogen and oxygen atoms in total. The van der Waals surface area contributed by atoms with Crippen LogP contribution in [0.3, 0.4) is 0 Å². The fraction of sp³-hybridized carbons (Fsp3) is 0.208. The summed E-state index contributed by atoms with van der Waals surface area (Å²) in [5.41, 5.74) is 11.7. The quantitative estimate of drug-likeness (QED) is 0.0914. The Morgan fingerprint density at radius 2 is 1.88 bits per heavy atom. The van der Waals surface area contributed by atoms with Gasteiger partial charge in [-0.3, -0.25) is 5.43 Å². The molecule has 0 radical (unpaired) electrons. The third-order valence-corrected chi connectivity index (χ3v) is 5.77. The van der Waals surface area contributed by atoms with Crippen molar-refractivity contribution in [3.05, 3.63) is 65.5 Å². The Kier molecular flexibility index (Phi) is 8.90. The average Bonchev–Trinajstić information content (AvgIpc) is 2.83. The highest BCUT2D eigenvalue weighted by Gasteiger charge is 2.17. The van der Waals surface area contributed by atoms with Gasteiger partial charge >= 0.3 is 0 Å². The molecule has 1 aromatic heterocycles. The van der Waals surface area contributed by atoms with E-state index in [1.165, 1.54) is 23.9 Å². The average molecular weight is 494 g/mol. The van der Waals surface area contributed by atoms with Crippen LogP contribution in [0.5, 0.6) is 0 Å². The van der Waals surface area contributed by atoms with Crippen LogP contribution in [0.25, 0.3) is 11.3 Å². The van der Waals surface area contributed by atoms with Crippen LogP contribution in [0.1, 0.15) is 37.8 Å². The van der Waals surface area contributed by atoms with E-state index in [0.29, 0.717) is 27.9 Å². The number of unbranched alkanes of at least 4 members (excludes halogenated alkanes) is 1. The lowest BCUT2D eigenvalue weighted by Crippen LogP contribution is -2.25. The highest BCUT2D eigenvalue weighted by Crippen LogP contribution is 2.31. The zero-order valence-corrected chi connectivity index (χ0v) is 20.4. The number of nitrogens with two attached hydrogens (primary N) is 1. The predicted octanol–water partition coefficient (Wildman–Crippen LogP) is 5.35. The van der Waals surface area contributed by atoms with E-state index >= 15 is 0 Å². The molecule has 0 spiro atoms. The van der Waals surface area contributed by atoms with E-state index in [-0.39, 0.29) is 16.5 Å². The van der Waals surface area contributed by atoms with Crippen LogP contribution in [0.15, 0.2) is 58.8 Å². The van der Waals surface area contributed by atoms with Crippen LogP contribution >= 0.6 is 24.0 Å². The molecule has 0 unspecified atom stereocenters. The summed E-state index contributed by atoms with van der Waals surface area (Å²) in [6.07, 6.45) is 2.08. The van der Waals surface area contributed by atoms with Crippen molar-refractivity contribution >= 4 is 46.3 Å². The minimum atomic E-state index is -0.352. The molecule has 0 amide bonds. The number of hydrazone groups is 1. The Morgan fingerprint density at radius 3 is 2.50 bits per heavy atom. The summed E-state index contributed by atoms with van der Waals surface area (Å²) < 4.78 is 13.5. The highest BCUT2D eigenvalue weighted by molar-refractivity contribution is 7.99. The van der Waals surface area contributed by atoms with Gasteiger partial charge in [0.05, 0.1) is 11.4 Å². The summed E-state index contributed by atoms with van der Waals surface area (Å²) >= 11 is 6.29. The number of nitriles is 1. The second-order valence-electron chi connectivity index (χ2n) is 7.27. The number of anilines is 2. The smallest absolute Gasteiger partial charge is 0.190 e. The number of benzene rings is 2. The standard InChI is InChI=1S/C24H24FN7S2/c1-3-4-13-34-24-29-21(17-5-9-18(25)10-6-17)20(14-26)22(30-24)28-19-11-7-16(8-12-19)15(2)31-32-23(27)33/h5-12H,3-4,13H2,1-2H3,(H3,27,32,33)(H,28,29,30)/b31-15+. The molecule has 0 aliphatic heterocycles. The van der Waals surface area contributed by atoms with Crippen molar-refractivity contribution in [3.8, 4) is 17.3 Å². The molecule has 10 heteroatoms. The van der Waals surface area contributed by atoms with Gasteiger partial charge in [0.2, 0.25) is 0 Å². The lowest BCUT2D eigenvalue weighted by atomic mass is 10.1. The van der Waals surface area contributed by atoms with Crippen LogP contribution < -0.4 is 16.5 Å². The third kappa shape index (κ3) is 6.73. The molecule has 0 saturated heterocycles. The minimum absolute atomic E-state index is 0.0926. The van der Waals surface area contributed by atoms with Gasteiger partial charge < -0.3 is 11.1 Å². The Labute approximate surface area is 207 Å². The fourth-order valence-electron chi connectivity index (χ4n) is 2.96. The van der Waals surface area contributed by atoms with Gasteiger partial charge in [-0.1, -0.05) is 37.2 Å². The second kappa shape index (κ2) is 12.1. The summed E-state index contributed by atoms with van der Waals surface area (Å²) in [7, 11) is 0. The van der Waals surface area contributed by atoms with Crippen LogP contribution in [0.4, 0.5) is 15.9 Å². The summed E-state index contributed by atoms with van der Waals surface area (Å²) in [6, 6.07) is 15.6. The van der Waals surface area contributed by atoms with Crippen LogP contribution in [-0.2, 0) is 0 Å². The number of hydrogen-bond acceptors (Lipinski definition) is 7. The van der Waals surface area contributed by atoms with E-state index in [0.717, 1.165) is 29.8 Å². The second-order valence-corrected chi connectivity index (χ2v) is 8.78. The first-order valence-corrected chi connectivity index (χ1v) is 12.0. The van der Waals surface area contributed by atoms with E-state index < -0.39 is 0 Å². The summed E-state index contributed by atoms with van der Waals surface area (Å²) in [6.45, 7) is 3.95. The Bertz CT molecular complexity index is 1220. The Hall–Kier alpha value is -3.55. The SMILES string of the molecule is CCCCSc1nc(Nc2ccc(/C(C)=N/NC(N)=S)cc2)c(C#N)c(-c2ccc(F)cc2)n1. The first-order valence-electron chi connectivity index (χ1n) is 10.6. The molecule has 0 saturated carbocycles. The summed E-state index contributed by atoms with van der Waals surface area (Å²) in [4.78, 5) is 9.22. The Balaban J connectivity index is 1.96. The molecule has 3 aromatic rings. The third-order valence-electron chi connectivity index (χ3n) is 4.75. The number of nitrogens with zero attached hydrogens (tertiary/aromatic N) is 4. The zero-order valence-electron chi connectivity index (χ0n) is 18.8. The van der Waals surface area contributed by atoms with Gasteiger partial charge in [0, 0.05) is 17.0 Å². The van der Waals surface area contributed by atoms with Crippen molar-refractivity contribution in [2.45, 2.75) is 31.8 Å². The number of halogens is 1. The topological polar surface area (TPSA) is 112 Å². The lowest BCUT2D eigenvalue weighted by Gasteiger charge is -2.13. The van der Waals surface area contributed by atoms with E-state index in [9.17, 15) is 9.65 Å². The van der Waals surface area contributed by atoms with E-state index in [1.807, 2.05) is 31.2 Å². The molecule has 2 aromatic carbocycles. The van der Waals surface area contributed by atoms with Crippen LogP contribution in [0.2, 0.25) is 0 Å². The summed E-state index contributed by atoms with van der Waals surface area (Å²) in [5.74, 6) is 0.900. The molecular formula is C24H24FN7S2. The molecule has 4 N–H and O–H groups in total. The first-order chi connectivity index (χ1) is 16.4. The predicted molar refractivity (Wildman–Crippen MR) is 140 cm³/mol. The first kappa shape index (κ1) is 25.1. The van der Waals surface area contributed by atoms with Gasteiger partial charge in [-0.2, -0.15) is 10.4 Å². The van der Waals surface area contributed by atoms with Gasteiger partial charge in [-0.25, -0.2) is 14.4 Å². The maximum atomic E-state index is 13.5. The fourth-order valence-corrected chi connectivity index (χ4v) is 3.93. The Morgan fingerprint density at radius 1 is 1.18 bits per heavy atom. The van der Waals surface area contributed by atoms with E-state index in [2.05, 4.69) is 38.8 Å². The zero-order chi connectivity index (χ0) is 24.5. The number of hydrogen-bond donors (Lipinski definition) is 3. The molecule has 1 heterocycles. The molecule has 0 aliphatic carbocycles. The van der Waals surface area contributed by atoms with Crippen molar-refractivity contribution < 1.29 is 4.39 Å². The van der Waals surface area contributed by atoms with Gasteiger partial charge in [0.15, 0.2) is 16.1 Å². The number of nitrogens with one attached hydrogen (secondary N) is 2. The lowest BCUT2D eigenvalue weighted by molar-refractivity contribution is 0.628. The summed E-state index contributed by atoms with van der Waals surface area (Å²) in [5, 5.41) is 17.9. The van der Waals surface area contributed by atoms with Gasteiger partial charge in [-0.05, 0) is 67.5 Å². The van der Waals surface area contributed by atoms with E-state index in [4.69, 9.17) is 18.0 Å². The highest BCUT2D eigenvalue weighted by atomic mass is 32.2. The molecule has 0 atom stereocenters. The van der Waals surface area contributed by atoms with Gasteiger partial charge in [0.1, 0.15) is 17.4 Å². The maximum absolute atomic E-state index is 13.5. The molecule has 0 bridgehead atoms. The molecule has 0 aliphatic rings. The van der Waals surface area contributed by atoms with E-state index in [1.54, 1.807) is 12.1 Å². The van der Waals surface area contributed by atoms with Gasteiger partial charge in [-0.15, -0.1) is 0 Å². The maximum Gasteiger partial charge on any atom is 0.190 e. The molecule has 174 valence electrons. The molecule has 34 heavy (non-hydrogen) atoms. The molecular weight excluding hydrogens is 469 g/mol. The molecule has 0 fully saturated rings. The van der Waals surface area contributed by atoms with Crippen molar-refractivity contribution in [1.82, 2.24) is 15.4 Å².